The van der Waals surface area contributed by atoms with Crippen LogP contribution in [0.5, 0.6) is 0 Å². The normalized spacial score (nSPS) is 12.4. The van der Waals surface area contributed by atoms with Crippen molar-refractivity contribution in [2.45, 2.75) is 17.6 Å². The Morgan fingerprint density at radius 2 is 1.59 bits per heavy atom. The van der Waals surface area contributed by atoms with Crippen molar-refractivity contribution in [2.75, 3.05) is 0 Å². The second-order valence-corrected chi connectivity index (χ2v) is 6.30. The van der Waals surface area contributed by atoms with E-state index in [4.69, 9.17) is 0 Å². The van der Waals surface area contributed by atoms with Crippen molar-refractivity contribution in [3.63, 3.8) is 0 Å². The fourth-order valence-electron chi connectivity index (χ4n) is 1.51. The molecule has 0 aliphatic rings. The third-order valence-electron chi connectivity index (χ3n) is 2.49. The van der Waals surface area contributed by atoms with E-state index in [0.717, 1.165) is 14.9 Å². The second kappa shape index (κ2) is 5.61. The van der Waals surface area contributed by atoms with E-state index in [1.165, 1.54) is 5.56 Å². The lowest BCUT2D eigenvalue weighted by molar-refractivity contribution is 0.682. The van der Waals surface area contributed by atoms with Crippen molar-refractivity contribution < 1.29 is 4.21 Å². The molecule has 0 radical (unpaired) electrons. The van der Waals surface area contributed by atoms with Gasteiger partial charge in [0.25, 0.3) is 0 Å². The molecule has 0 aromatic heterocycles. The van der Waals surface area contributed by atoms with Gasteiger partial charge < -0.3 is 0 Å². The summed E-state index contributed by atoms with van der Waals surface area (Å²) in [5.74, 6) is 0.571. The topological polar surface area (TPSA) is 17.1 Å². The minimum atomic E-state index is -0.970. The third-order valence-corrected chi connectivity index (χ3v) is 4.42. The molecule has 0 saturated carbocycles. The summed E-state index contributed by atoms with van der Waals surface area (Å²) >= 11 is 3.37. The fourth-order valence-corrected chi connectivity index (χ4v) is 2.87. The van der Waals surface area contributed by atoms with Crippen molar-refractivity contribution in [1.82, 2.24) is 0 Å². The van der Waals surface area contributed by atoms with Crippen LogP contribution in [-0.4, -0.2) is 4.21 Å². The predicted octanol–water partition coefficient (Wildman–Crippen LogP) is 4.07. The average Bonchev–Trinajstić information content (AvgIpc) is 2.33. The van der Waals surface area contributed by atoms with Gasteiger partial charge in [0.05, 0.1) is 16.6 Å². The molecular weight excluding hydrogens is 296 g/mol. The predicted molar refractivity (Wildman–Crippen MR) is 75.4 cm³/mol. The lowest BCUT2D eigenvalue weighted by atomic mass is 10.2. The molecule has 1 atom stereocenters. The van der Waals surface area contributed by atoms with Crippen LogP contribution >= 0.6 is 15.9 Å². The van der Waals surface area contributed by atoms with Gasteiger partial charge >= 0.3 is 0 Å². The van der Waals surface area contributed by atoms with E-state index in [2.05, 4.69) is 22.9 Å². The van der Waals surface area contributed by atoms with Crippen LogP contribution in [0.4, 0.5) is 0 Å². The Balaban J connectivity index is 2.11. The second-order valence-electron chi connectivity index (χ2n) is 3.93. The van der Waals surface area contributed by atoms with Crippen molar-refractivity contribution in [2.24, 2.45) is 0 Å². The standard InChI is InChI=1S/C14H13BrOS/c1-11-2-4-12(5-3-11)10-17(16)14-8-6-13(15)7-9-14/h2-9H,10H2,1H3. The maximum absolute atomic E-state index is 12.1. The summed E-state index contributed by atoms with van der Waals surface area (Å²) in [6.07, 6.45) is 0. The first-order chi connectivity index (χ1) is 8.15. The molecule has 2 aromatic carbocycles. The van der Waals surface area contributed by atoms with Gasteiger partial charge in [0.1, 0.15) is 0 Å². The summed E-state index contributed by atoms with van der Waals surface area (Å²) < 4.78 is 13.1. The van der Waals surface area contributed by atoms with E-state index in [0.29, 0.717) is 5.75 Å². The molecule has 0 spiro atoms. The highest BCUT2D eigenvalue weighted by Crippen LogP contribution is 2.16. The first-order valence-electron chi connectivity index (χ1n) is 5.34. The molecule has 0 fully saturated rings. The number of aryl methyl sites for hydroxylation is 1. The molecule has 1 unspecified atom stereocenters. The summed E-state index contributed by atoms with van der Waals surface area (Å²) in [6.45, 7) is 2.05. The molecule has 0 aliphatic heterocycles. The van der Waals surface area contributed by atoms with Gasteiger partial charge in [-0.2, -0.15) is 0 Å². The number of hydrogen-bond acceptors (Lipinski definition) is 1. The smallest absolute Gasteiger partial charge is 0.0574 e. The molecule has 0 bridgehead atoms. The van der Waals surface area contributed by atoms with E-state index in [1.807, 2.05) is 48.5 Å². The van der Waals surface area contributed by atoms with Gasteiger partial charge in [-0.05, 0) is 36.8 Å². The molecule has 88 valence electrons. The van der Waals surface area contributed by atoms with Crippen LogP contribution in [0.3, 0.4) is 0 Å². The maximum Gasteiger partial charge on any atom is 0.0574 e. The first kappa shape index (κ1) is 12.5. The van der Waals surface area contributed by atoms with E-state index in [9.17, 15) is 4.21 Å². The zero-order valence-corrected chi connectivity index (χ0v) is 11.9. The van der Waals surface area contributed by atoms with Gasteiger partial charge in [0, 0.05) is 9.37 Å². The number of rotatable bonds is 3. The first-order valence-corrected chi connectivity index (χ1v) is 7.46. The highest BCUT2D eigenvalue weighted by atomic mass is 79.9. The summed E-state index contributed by atoms with van der Waals surface area (Å²) in [6, 6.07) is 15.8. The van der Waals surface area contributed by atoms with E-state index < -0.39 is 10.8 Å². The van der Waals surface area contributed by atoms with Gasteiger partial charge in [-0.15, -0.1) is 0 Å². The van der Waals surface area contributed by atoms with Gasteiger partial charge in [-0.3, -0.25) is 4.21 Å². The van der Waals surface area contributed by atoms with Gasteiger partial charge in [-0.25, -0.2) is 0 Å². The van der Waals surface area contributed by atoms with Gasteiger partial charge in [0.15, 0.2) is 0 Å². The molecular formula is C14H13BrOS. The molecule has 2 aromatic rings. The van der Waals surface area contributed by atoms with Crippen LogP contribution < -0.4 is 0 Å². The molecule has 17 heavy (non-hydrogen) atoms. The Bertz CT molecular complexity index is 517. The van der Waals surface area contributed by atoms with E-state index in [1.54, 1.807) is 0 Å². The zero-order chi connectivity index (χ0) is 12.3. The Hall–Kier alpha value is -0.930. The number of halogens is 1. The Kier molecular flexibility index (Phi) is 4.13. The molecule has 0 amide bonds. The molecule has 1 nitrogen and oxygen atoms in total. The average molecular weight is 309 g/mol. The molecule has 3 heteroatoms. The third kappa shape index (κ3) is 3.51. The van der Waals surface area contributed by atoms with Crippen molar-refractivity contribution in [3.05, 3.63) is 64.1 Å². The molecule has 2 rings (SSSR count). The minimum Gasteiger partial charge on any atom is -0.254 e. The summed E-state index contributed by atoms with van der Waals surface area (Å²) in [5.41, 5.74) is 2.33. The van der Waals surface area contributed by atoms with Crippen LogP contribution in [0.1, 0.15) is 11.1 Å². The molecule has 0 heterocycles. The summed E-state index contributed by atoms with van der Waals surface area (Å²) in [5, 5.41) is 0. The molecule has 0 saturated heterocycles. The SMILES string of the molecule is Cc1ccc(CS(=O)c2ccc(Br)cc2)cc1. The van der Waals surface area contributed by atoms with Crippen LogP contribution in [0.25, 0.3) is 0 Å². The number of benzene rings is 2. The van der Waals surface area contributed by atoms with Crippen LogP contribution in [0, 0.1) is 6.92 Å². The monoisotopic (exact) mass is 308 g/mol. The summed E-state index contributed by atoms with van der Waals surface area (Å²) in [7, 11) is -0.970. The number of hydrogen-bond donors (Lipinski definition) is 0. The maximum atomic E-state index is 12.1. The van der Waals surface area contributed by atoms with Crippen LogP contribution in [-0.2, 0) is 16.6 Å². The van der Waals surface area contributed by atoms with Crippen molar-refractivity contribution in [3.8, 4) is 0 Å². The van der Waals surface area contributed by atoms with E-state index >= 15 is 0 Å². The quantitative estimate of drug-likeness (QED) is 0.835. The molecule has 0 N–H and O–H groups in total. The van der Waals surface area contributed by atoms with Gasteiger partial charge in [-0.1, -0.05) is 45.8 Å². The van der Waals surface area contributed by atoms with Gasteiger partial charge in [0.2, 0.25) is 0 Å². The highest BCUT2D eigenvalue weighted by molar-refractivity contribution is 9.10. The van der Waals surface area contributed by atoms with Crippen LogP contribution in [0.2, 0.25) is 0 Å². The Labute approximate surface area is 112 Å². The Morgan fingerprint density at radius 3 is 2.18 bits per heavy atom. The lowest BCUT2D eigenvalue weighted by Gasteiger charge is -2.03. The molecule has 0 aliphatic carbocycles. The Morgan fingerprint density at radius 1 is 1.00 bits per heavy atom. The highest BCUT2D eigenvalue weighted by Gasteiger charge is 2.04. The van der Waals surface area contributed by atoms with E-state index in [-0.39, 0.29) is 0 Å². The minimum absolute atomic E-state index is 0.571. The lowest BCUT2D eigenvalue weighted by Crippen LogP contribution is -1.96. The van der Waals surface area contributed by atoms with Crippen LogP contribution in [0.15, 0.2) is 57.9 Å². The summed E-state index contributed by atoms with van der Waals surface area (Å²) in [4.78, 5) is 0.869. The fraction of sp³-hybridized carbons (Fsp3) is 0.143. The largest absolute Gasteiger partial charge is 0.254 e. The van der Waals surface area contributed by atoms with Crippen molar-refractivity contribution >= 4 is 26.7 Å². The zero-order valence-electron chi connectivity index (χ0n) is 9.52. The van der Waals surface area contributed by atoms with Crippen molar-refractivity contribution in [1.29, 1.82) is 0 Å².